The summed E-state index contributed by atoms with van der Waals surface area (Å²) in [7, 11) is 0. The number of hydrogen-bond acceptors (Lipinski definition) is 1. The standard InChI is InChI=1S/C31H55FO2/c1-5-8-9-23-10-12-25(13-11-23)26-16-14-24(15-17-26)22(4)28(7-3)31(19-6-2)20-18-27(30(33)34)21-29(31)32/h22-29H,5-21H2,1-4H3,(H,33,34). The van der Waals surface area contributed by atoms with E-state index in [1.165, 1.54) is 70.6 Å². The molecule has 34 heavy (non-hydrogen) atoms. The van der Waals surface area contributed by atoms with E-state index in [4.69, 9.17) is 0 Å². The fraction of sp³-hybridized carbons (Fsp3) is 0.968. The van der Waals surface area contributed by atoms with Gasteiger partial charge in [-0.3, -0.25) is 4.79 Å². The molecule has 3 rings (SSSR count). The SMILES string of the molecule is CCCCC1CCC(C2CCC(C(C)C(CC)C3(CCC)CCC(C(=O)O)CC3F)CC2)CC1. The summed E-state index contributed by atoms with van der Waals surface area (Å²) in [6, 6.07) is 0. The number of unbranched alkanes of at least 4 members (excludes halogenated alkanes) is 1. The summed E-state index contributed by atoms with van der Waals surface area (Å²) in [6.45, 7) is 9.17. The van der Waals surface area contributed by atoms with Crippen LogP contribution in [0.25, 0.3) is 0 Å². The third-order valence-corrected chi connectivity index (χ3v) is 11.0. The van der Waals surface area contributed by atoms with E-state index in [-0.39, 0.29) is 11.8 Å². The van der Waals surface area contributed by atoms with E-state index in [0.29, 0.717) is 18.3 Å². The van der Waals surface area contributed by atoms with Crippen molar-refractivity contribution in [3.63, 3.8) is 0 Å². The lowest BCUT2D eigenvalue weighted by Crippen LogP contribution is -2.48. The van der Waals surface area contributed by atoms with Crippen molar-refractivity contribution >= 4 is 5.97 Å². The van der Waals surface area contributed by atoms with Gasteiger partial charge in [0.15, 0.2) is 0 Å². The molecule has 3 heteroatoms. The van der Waals surface area contributed by atoms with Crippen LogP contribution in [0.5, 0.6) is 0 Å². The van der Waals surface area contributed by atoms with Gasteiger partial charge in [-0.2, -0.15) is 0 Å². The molecular weight excluding hydrogens is 423 g/mol. The molecule has 0 aromatic heterocycles. The lowest BCUT2D eigenvalue weighted by Gasteiger charge is -2.51. The van der Waals surface area contributed by atoms with E-state index >= 15 is 4.39 Å². The Labute approximate surface area is 210 Å². The molecule has 0 amide bonds. The summed E-state index contributed by atoms with van der Waals surface area (Å²) >= 11 is 0. The minimum Gasteiger partial charge on any atom is -0.481 e. The van der Waals surface area contributed by atoms with Crippen molar-refractivity contribution in [2.75, 3.05) is 0 Å². The quantitative estimate of drug-likeness (QED) is 0.321. The molecule has 0 aromatic rings. The van der Waals surface area contributed by atoms with Crippen LogP contribution in [0.15, 0.2) is 0 Å². The van der Waals surface area contributed by atoms with Crippen molar-refractivity contribution in [2.24, 2.45) is 46.8 Å². The number of carboxylic acid groups (broad SMARTS) is 1. The Bertz CT molecular complexity index is 605. The van der Waals surface area contributed by atoms with Crippen LogP contribution in [0.1, 0.15) is 137 Å². The van der Waals surface area contributed by atoms with Gasteiger partial charge in [0, 0.05) is 5.41 Å². The topological polar surface area (TPSA) is 37.3 Å². The molecule has 0 aromatic carbocycles. The Kier molecular flexibility index (Phi) is 10.8. The van der Waals surface area contributed by atoms with Gasteiger partial charge in [0.1, 0.15) is 6.17 Å². The highest BCUT2D eigenvalue weighted by Crippen LogP contribution is 2.55. The maximum atomic E-state index is 15.8. The maximum absolute atomic E-state index is 15.8. The molecule has 3 saturated carbocycles. The first kappa shape index (κ1) is 28.0. The molecule has 3 aliphatic rings. The molecule has 198 valence electrons. The van der Waals surface area contributed by atoms with Crippen molar-refractivity contribution in [1.82, 2.24) is 0 Å². The van der Waals surface area contributed by atoms with Crippen LogP contribution in [0.2, 0.25) is 0 Å². The van der Waals surface area contributed by atoms with Crippen molar-refractivity contribution in [3.8, 4) is 0 Å². The minimum atomic E-state index is -0.964. The molecule has 3 fully saturated rings. The van der Waals surface area contributed by atoms with Crippen molar-refractivity contribution in [1.29, 1.82) is 0 Å². The highest BCUT2D eigenvalue weighted by molar-refractivity contribution is 5.70. The fourth-order valence-corrected chi connectivity index (χ4v) is 8.99. The van der Waals surface area contributed by atoms with Gasteiger partial charge in [-0.15, -0.1) is 0 Å². The summed E-state index contributed by atoms with van der Waals surface area (Å²) in [5.74, 6) is 3.25. The van der Waals surface area contributed by atoms with Crippen LogP contribution in [0.4, 0.5) is 4.39 Å². The van der Waals surface area contributed by atoms with Gasteiger partial charge >= 0.3 is 5.97 Å². The zero-order valence-corrected chi connectivity index (χ0v) is 22.9. The second kappa shape index (κ2) is 13.1. The number of hydrogen-bond donors (Lipinski definition) is 1. The van der Waals surface area contributed by atoms with Gasteiger partial charge in [0.05, 0.1) is 5.92 Å². The summed E-state index contributed by atoms with van der Waals surface area (Å²) in [5, 5.41) is 9.48. The highest BCUT2D eigenvalue weighted by Gasteiger charge is 2.51. The van der Waals surface area contributed by atoms with Crippen molar-refractivity contribution < 1.29 is 14.3 Å². The first-order chi connectivity index (χ1) is 16.4. The van der Waals surface area contributed by atoms with Crippen LogP contribution in [-0.4, -0.2) is 17.2 Å². The lowest BCUT2D eigenvalue weighted by atomic mass is 9.54. The maximum Gasteiger partial charge on any atom is 0.306 e. The highest BCUT2D eigenvalue weighted by atomic mass is 19.1. The second-order valence-corrected chi connectivity index (χ2v) is 12.7. The number of alkyl halides is 1. The Morgan fingerprint density at radius 2 is 1.56 bits per heavy atom. The molecular formula is C31H55FO2. The number of halogens is 1. The van der Waals surface area contributed by atoms with Crippen LogP contribution in [-0.2, 0) is 4.79 Å². The third kappa shape index (κ3) is 6.39. The molecule has 3 aliphatic carbocycles. The Morgan fingerprint density at radius 3 is 2.06 bits per heavy atom. The number of carbonyl (C=O) groups is 1. The first-order valence-electron chi connectivity index (χ1n) is 15.2. The molecule has 5 atom stereocenters. The van der Waals surface area contributed by atoms with E-state index < -0.39 is 18.1 Å². The zero-order valence-electron chi connectivity index (χ0n) is 22.9. The molecule has 2 nitrogen and oxygen atoms in total. The number of aliphatic carboxylic acids is 1. The zero-order chi connectivity index (χ0) is 24.7. The summed E-state index contributed by atoms with van der Waals surface area (Å²) in [5.41, 5.74) is -0.303. The van der Waals surface area contributed by atoms with Crippen LogP contribution in [0, 0.1) is 46.8 Å². The number of rotatable bonds is 11. The van der Waals surface area contributed by atoms with E-state index in [1.54, 1.807) is 0 Å². The van der Waals surface area contributed by atoms with E-state index in [2.05, 4.69) is 27.7 Å². The molecule has 0 radical (unpaired) electrons. The van der Waals surface area contributed by atoms with Gasteiger partial charge in [0.2, 0.25) is 0 Å². The normalized spacial score (nSPS) is 38.9. The Morgan fingerprint density at radius 1 is 0.941 bits per heavy atom. The molecule has 0 saturated heterocycles. The summed E-state index contributed by atoms with van der Waals surface area (Å²) < 4.78 is 15.8. The average Bonchev–Trinajstić information content (AvgIpc) is 2.85. The van der Waals surface area contributed by atoms with Crippen molar-refractivity contribution in [2.45, 2.75) is 143 Å². The third-order valence-electron chi connectivity index (χ3n) is 11.0. The summed E-state index contributed by atoms with van der Waals surface area (Å²) in [4.78, 5) is 11.5. The van der Waals surface area contributed by atoms with E-state index in [9.17, 15) is 9.90 Å². The monoisotopic (exact) mass is 478 g/mol. The molecule has 0 aliphatic heterocycles. The number of carboxylic acids is 1. The molecule has 0 spiro atoms. The van der Waals surface area contributed by atoms with Gasteiger partial charge in [-0.05, 0) is 99.7 Å². The molecule has 0 heterocycles. The van der Waals surface area contributed by atoms with Gasteiger partial charge in [-0.25, -0.2) is 4.39 Å². The van der Waals surface area contributed by atoms with E-state index in [1.807, 2.05) is 0 Å². The molecule has 1 N–H and O–H groups in total. The van der Waals surface area contributed by atoms with Crippen molar-refractivity contribution in [3.05, 3.63) is 0 Å². The smallest absolute Gasteiger partial charge is 0.306 e. The first-order valence-corrected chi connectivity index (χ1v) is 15.2. The van der Waals surface area contributed by atoms with Gasteiger partial charge < -0.3 is 5.11 Å². The molecule has 0 bridgehead atoms. The lowest BCUT2D eigenvalue weighted by molar-refractivity contribution is -0.147. The minimum absolute atomic E-state index is 0.228. The van der Waals surface area contributed by atoms with Gasteiger partial charge in [0.25, 0.3) is 0 Å². The predicted molar refractivity (Wildman–Crippen MR) is 141 cm³/mol. The molecule has 5 unspecified atom stereocenters. The second-order valence-electron chi connectivity index (χ2n) is 12.7. The average molecular weight is 479 g/mol. The van der Waals surface area contributed by atoms with Crippen LogP contribution >= 0.6 is 0 Å². The Hall–Kier alpha value is -0.600. The van der Waals surface area contributed by atoms with Gasteiger partial charge in [-0.1, -0.05) is 72.6 Å². The van der Waals surface area contributed by atoms with Crippen LogP contribution < -0.4 is 0 Å². The Balaban J connectivity index is 1.57. The fourth-order valence-electron chi connectivity index (χ4n) is 8.99. The largest absolute Gasteiger partial charge is 0.481 e. The van der Waals surface area contributed by atoms with Crippen LogP contribution in [0.3, 0.4) is 0 Å². The van der Waals surface area contributed by atoms with E-state index in [0.717, 1.165) is 49.4 Å². The summed E-state index contributed by atoms with van der Waals surface area (Å²) in [6.07, 6.45) is 19.1. The predicted octanol–water partition coefficient (Wildman–Crippen LogP) is 9.46.